The van der Waals surface area contributed by atoms with Crippen LogP contribution in [-0.2, 0) is 4.79 Å². The van der Waals surface area contributed by atoms with Crippen LogP contribution in [0.1, 0.15) is 35.2 Å². The standard InChI is InChI=1S/C20H23N3O2/c1-16-12-17(14-21-13-16)20(25)23(18-8-4-2-5-9-18)15-19(24)22-10-6-3-7-11-22/h2,4-5,8-9,12-14H,3,6-7,10-11,15H2,1H3. The van der Waals surface area contributed by atoms with Gasteiger partial charge in [0, 0.05) is 31.2 Å². The molecule has 1 fully saturated rings. The Morgan fingerprint density at radius 1 is 1.08 bits per heavy atom. The molecule has 0 aliphatic carbocycles. The lowest BCUT2D eigenvalue weighted by molar-refractivity contribution is -0.130. The summed E-state index contributed by atoms with van der Waals surface area (Å²) in [6.07, 6.45) is 6.50. The molecule has 3 rings (SSSR count). The molecule has 2 heterocycles. The first kappa shape index (κ1) is 17.1. The number of aromatic nitrogens is 1. The predicted molar refractivity (Wildman–Crippen MR) is 97.5 cm³/mol. The Balaban J connectivity index is 1.85. The quantitative estimate of drug-likeness (QED) is 0.862. The Morgan fingerprint density at radius 3 is 2.48 bits per heavy atom. The summed E-state index contributed by atoms with van der Waals surface area (Å²) < 4.78 is 0. The molecule has 2 aromatic rings. The minimum Gasteiger partial charge on any atom is -0.341 e. The summed E-state index contributed by atoms with van der Waals surface area (Å²) in [4.78, 5) is 33.3. The maximum atomic E-state index is 13.0. The van der Waals surface area contributed by atoms with Gasteiger partial charge in [-0.2, -0.15) is 0 Å². The highest BCUT2D eigenvalue weighted by atomic mass is 16.2. The Morgan fingerprint density at radius 2 is 1.80 bits per heavy atom. The first-order valence-electron chi connectivity index (χ1n) is 8.71. The molecule has 1 aliphatic rings. The van der Waals surface area contributed by atoms with Crippen molar-refractivity contribution in [1.29, 1.82) is 0 Å². The van der Waals surface area contributed by atoms with E-state index in [1.54, 1.807) is 23.4 Å². The number of rotatable bonds is 4. The summed E-state index contributed by atoms with van der Waals surface area (Å²) >= 11 is 0. The number of hydrogen-bond donors (Lipinski definition) is 0. The van der Waals surface area contributed by atoms with E-state index in [4.69, 9.17) is 0 Å². The molecule has 25 heavy (non-hydrogen) atoms. The third-order valence-electron chi connectivity index (χ3n) is 4.44. The number of likely N-dealkylation sites (tertiary alicyclic amines) is 1. The number of benzene rings is 1. The third-order valence-corrected chi connectivity index (χ3v) is 4.44. The van der Waals surface area contributed by atoms with Crippen molar-refractivity contribution < 1.29 is 9.59 Å². The maximum Gasteiger partial charge on any atom is 0.260 e. The zero-order valence-corrected chi connectivity index (χ0v) is 14.5. The van der Waals surface area contributed by atoms with Gasteiger partial charge in [0.1, 0.15) is 6.54 Å². The van der Waals surface area contributed by atoms with Gasteiger partial charge in [-0.3, -0.25) is 19.5 Å². The van der Waals surface area contributed by atoms with Crippen LogP contribution in [0.3, 0.4) is 0 Å². The number of pyridine rings is 1. The molecule has 0 atom stereocenters. The van der Waals surface area contributed by atoms with E-state index in [2.05, 4.69) is 4.98 Å². The lowest BCUT2D eigenvalue weighted by Crippen LogP contribution is -2.45. The van der Waals surface area contributed by atoms with E-state index in [-0.39, 0.29) is 18.4 Å². The van der Waals surface area contributed by atoms with Crippen molar-refractivity contribution in [2.45, 2.75) is 26.2 Å². The van der Waals surface area contributed by atoms with Gasteiger partial charge in [0.2, 0.25) is 5.91 Å². The summed E-state index contributed by atoms with van der Waals surface area (Å²) in [5, 5.41) is 0. The highest BCUT2D eigenvalue weighted by molar-refractivity contribution is 6.08. The maximum absolute atomic E-state index is 13.0. The number of amides is 2. The molecule has 0 radical (unpaired) electrons. The average molecular weight is 337 g/mol. The highest BCUT2D eigenvalue weighted by Gasteiger charge is 2.24. The van der Waals surface area contributed by atoms with Crippen LogP contribution in [0.5, 0.6) is 0 Å². The van der Waals surface area contributed by atoms with Gasteiger partial charge >= 0.3 is 0 Å². The van der Waals surface area contributed by atoms with Crippen LogP contribution >= 0.6 is 0 Å². The Labute approximate surface area is 148 Å². The first-order chi connectivity index (χ1) is 12.1. The molecule has 1 aromatic carbocycles. The van der Waals surface area contributed by atoms with Gasteiger partial charge < -0.3 is 4.90 Å². The Kier molecular flexibility index (Phi) is 5.43. The number of carbonyl (C=O) groups excluding carboxylic acids is 2. The number of piperidine rings is 1. The molecule has 0 N–H and O–H groups in total. The summed E-state index contributed by atoms with van der Waals surface area (Å²) in [7, 11) is 0. The van der Waals surface area contributed by atoms with Crippen LogP contribution in [0.2, 0.25) is 0 Å². The molecule has 0 saturated carbocycles. The predicted octanol–water partition coefficient (Wildman–Crippen LogP) is 3.05. The summed E-state index contributed by atoms with van der Waals surface area (Å²) in [6.45, 7) is 3.51. The fourth-order valence-corrected chi connectivity index (χ4v) is 3.09. The fraction of sp³-hybridized carbons (Fsp3) is 0.350. The zero-order valence-electron chi connectivity index (χ0n) is 14.5. The second-order valence-corrected chi connectivity index (χ2v) is 6.42. The minimum atomic E-state index is -0.201. The van der Waals surface area contributed by atoms with Crippen molar-refractivity contribution in [3.63, 3.8) is 0 Å². The Bertz CT molecular complexity index is 740. The fourth-order valence-electron chi connectivity index (χ4n) is 3.09. The van der Waals surface area contributed by atoms with Crippen molar-refractivity contribution in [1.82, 2.24) is 9.88 Å². The van der Waals surface area contributed by atoms with Gasteiger partial charge in [-0.25, -0.2) is 0 Å². The average Bonchev–Trinajstić information content (AvgIpc) is 2.67. The number of nitrogens with zero attached hydrogens (tertiary/aromatic N) is 3. The largest absolute Gasteiger partial charge is 0.341 e. The SMILES string of the molecule is Cc1cncc(C(=O)N(CC(=O)N2CCCCC2)c2ccccc2)c1. The van der Waals surface area contributed by atoms with E-state index < -0.39 is 0 Å². The van der Waals surface area contributed by atoms with Gasteiger partial charge in [-0.05, 0) is 49.9 Å². The van der Waals surface area contributed by atoms with Crippen molar-refractivity contribution >= 4 is 17.5 Å². The van der Waals surface area contributed by atoms with Crippen LogP contribution in [0, 0.1) is 6.92 Å². The van der Waals surface area contributed by atoms with E-state index in [0.29, 0.717) is 5.56 Å². The summed E-state index contributed by atoms with van der Waals surface area (Å²) in [6, 6.07) is 11.1. The topological polar surface area (TPSA) is 53.5 Å². The summed E-state index contributed by atoms with van der Waals surface area (Å²) in [5.74, 6) is -0.203. The van der Waals surface area contributed by atoms with Crippen molar-refractivity contribution in [2.24, 2.45) is 0 Å². The first-order valence-corrected chi connectivity index (χ1v) is 8.71. The molecule has 0 unspecified atom stereocenters. The van der Waals surface area contributed by atoms with Crippen LogP contribution in [0.25, 0.3) is 0 Å². The normalized spacial score (nSPS) is 14.2. The Hall–Kier alpha value is -2.69. The van der Waals surface area contributed by atoms with Gasteiger partial charge in [0.05, 0.1) is 5.56 Å². The molecule has 1 aromatic heterocycles. The number of carbonyl (C=O) groups is 2. The number of anilines is 1. The van der Waals surface area contributed by atoms with Crippen LogP contribution in [0.4, 0.5) is 5.69 Å². The third kappa shape index (κ3) is 4.24. The van der Waals surface area contributed by atoms with E-state index >= 15 is 0 Å². The molecule has 2 amide bonds. The van der Waals surface area contributed by atoms with Crippen molar-refractivity contribution in [3.8, 4) is 0 Å². The second-order valence-electron chi connectivity index (χ2n) is 6.42. The monoisotopic (exact) mass is 337 g/mol. The molecule has 130 valence electrons. The van der Waals surface area contributed by atoms with Gasteiger partial charge in [0.25, 0.3) is 5.91 Å². The second kappa shape index (κ2) is 7.92. The lowest BCUT2D eigenvalue weighted by atomic mass is 10.1. The molecule has 5 nitrogen and oxygen atoms in total. The molecular formula is C20H23N3O2. The summed E-state index contributed by atoms with van der Waals surface area (Å²) in [5.41, 5.74) is 2.14. The van der Waals surface area contributed by atoms with Crippen molar-refractivity contribution in [3.05, 3.63) is 59.9 Å². The van der Waals surface area contributed by atoms with Gasteiger partial charge in [-0.1, -0.05) is 18.2 Å². The molecule has 0 spiro atoms. The van der Waals surface area contributed by atoms with Gasteiger partial charge in [0.15, 0.2) is 0 Å². The van der Waals surface area contributed by atoms with Crippen LogP contribution in [0.15, 0.2) is 48.8 Å². The molecular weight excluding hydrogens is 314 g/mol. The van der Waals surface area contributed by atoms with E-state index in [1.165, 1.54) is 6.42 Å². The van der Waals surface area contributed by atoms with E-state index in [9.17, 15) is 9.59 Å². The molecule has 0 bridgehead atoms. The highest BCUT2D eigenvalue weighted by Crippen LogP contribution is 2.18. The van der Waals surface area contributed by atoms with Crippen molar-refractivity contribution in [2.75, 3.05) is 24.5 Å². The molecule has 5 heteroatoms. The minimum absolute atomic E-state index is 0.00230. The zero-order chi connectivity index (χ0) is 17.6. The molecule has 1 saturated heterocycles. The van der Waals surface area contributed by atoms with Gasteiger partial charge in [-0.15, -0.1) is 0 Å². The van der Waals surface area contributed by atoms with Crippen LogP contribution < -0.4 is 4.90 Å². The van der Waals surface area contributed by atoms with Crippen LogP contribution in [-0.4, -0.2) is 41.3 Å². The number of aryl methyl sites for hydroxylation is 1. The lowest BCUT2D eigenvalue weighted by Gasteiger charge is -2.30. The molecule has 1 aliphatic heterocycles. The number of hydrogen-bond acceptors (Lipinski definition) is 3. The van der Waals surface area contributed by atoms with E-state index in [0.717, 1.165) is 37.2 Å². The smallest absolute Gasteiger partial charge is 0.260 e. The van der Waals surface area contributed by atoms with E-state index in [1.807, 2.05) is 42.2 Å². The number of para-hydroxylation sites is 1.